The van der Waals surface area contributed by atoms with E-state index in [-0.39, 0.29) is 5.91 Å². The molecule has 2 saturated heterocycles. The van der Waals surface area contributed by atoms with Crippen LogP contribution in [0.2, 0.25) is 0 Å². The summed E-state index contributed by atoms with van der Waals surface area (Å²) in [6.45, 7) is 4.70. The summed E-state index contributed by atoms with van der Waals surface area (Å²) >= 11 is 0. The number of rotatable bonds is 2. The van der Waals surface area contributed by atoms with Crippen LogP contribution in [0.15, 0.2) is 30.3 Å². The van der Waals surface area contributed by atoms with Gasteiger partial charge in [0, 0.05) is 19.7 Å². The zero-order valence-corrected chi connectivity index (χ0v) is 12.2. The molecule has 0 N–H and O–H groups in total. The molecule has 1 aromatic carbocycles. The molecule has 0 saturated carbocycles. The van der Waals surface area contributed by atoms with Crippen LogP contribution < -0.4 is 0 Å². The van der Waals surface area contributed by atoms with Crippen LogP contribution in [0.1, 0.15) is 38.2 Å². The third-order valence-electron chi connectivity index (χ3n) is 4.68. The molecule has 0 bridgehead atoms. The molecule has 1 unspecified atom stereocenters. The molecule has 20 heavy (non-hydrogen) atoms. The number of amides is 1. The molecule has 1 amide bonds. The van der Waals surface area contributed by atoms with Crippen molar-refractivity contribution in [2.75, 3.05) is 19.7 Å². The molecule has 0 aliphatic carbocycles. The molecule has 2 fully saturated rings. The van der Waals surface area contributed by atoms with Gasteiger partial charge >= 0.3 is 0 Å². The number of ether oxygens (including phenoxy) is 1. The normalized spacial score (nSPS) is 27.8. The van der Waals surface area contributed by atoms with Gasteiger partial charge in [0.2, 0.25) is 0 Å². The molecule has 3 rings (SSSR count). The van der Waals surface area contributed by atoms with Gasteiger partial charge in [-0.2, -0.15) is 0 Å². The van der Waals surface area contributed by atoms with Crippen LogP contribution in [-0.2, 0) is 15.1 Å². The van der Waals surface area contributed by atoms with Crippen LogP contribution in [0.4, 0.5) is 0 Å². The van der Waals surface area contributed by atoms with Crippen LogP contribution in [0.25, 0.3) is 0 Å². The summed E-state index contributed by atoms with van der Waals surface area (Å²) in [6.07, 6.45) is 3.99. The third kappa shape index (κ3) is 2.35. The van der Waals surface area contributed by atoms with Crippen LogP contribution in [0, 0.1) is 5.92 Å². The minimum absolute atomic E-state index is 0.174. The van der Waals surface area contributed by atoms with E-state index in [0.717, 1.165) is 50.3 Å². The first-order valence-corrected chi connectivity index (χ1v) is 7.71. The zero-order valence-electron chi connectivity index (χ0n) is 12.2. The first-order chi connectivity index (χ1) is 9.72. The van der Waals surface area contributed by atoms with E-state index in [1.807, 2.05) is 35.2 Å². The predicted molar refractivity (Wildman–Crippen MR) is 78.3 cm³/mol. The van der Waals surface area contributed by atoms with Crippen LogP contribution in [-0.4, -0.2) is 30.5 Å². The lowest BCUT2D eigenvalue weighted by atomic mass is 9.88. The molecule has 1 aromatic rings. The molecule has 0 aromatic heterocycles. The Morgan fingerprint density at radius 3 is 2.55 bits per heavy atom. The van der Waals surface area contributed by atoms with Gasteiger partial charge in [-0.1, -0.05) is 37.3 Å². The summed E-state index contributed by atoms with van der Waals surface area (Å²) in [5.74, 6) is 0.907. The van der Waals surface area contributed by atoms with Crippen molar-refractivity contribution in [3.8, 4) is 0 Å². The van der Waals surface area contributed by atoms with E-state index in [1.165, 1.54) is 0 Å². The van der Waals surface area contributed by atoms with E-state index in [0.29, 0.717) is 6.61 Å². The van der Waals surface area contributed by atoms with Crippen molar-refractivity contribution in [2.45, 2.75) is 38.2 Å². The number of piperidine rings is 1. The molecular weight excluding hydrogens is 250 g/mol. The number of benzene rings is 1. The summed E-state index contributed by atoms with van der Waals surface area (Å²) in [5.41, 5.74) is 0.295. The molecule has 0 spiro atoms. The molecular formula is C17H23NO2. The molecule has 1 atom stereocenters. The smallest absolute Gasteiger partial charge is 0.259 e. The van der Waals surface area contributed by atoms with E-state index in [2.05, 4.69) is 6.92 Å². The lowest BCUT2D eigenvalue weighted by Crippen LogP contribution is -2.49. The Labute approximate surface area is 120 Å². The Hall–Kier alpha value is -1.35. The van der Waals surface area contributed by atoms with E-state index < -0.39 is 5.60 Å². The lowest BCUT2D eigenvalue weighted by Gasteiger charge is -2.37. The van der Waals surface area contributed by atoms with Gasteiger partial charge in [0.05, 0.1) is 0 Å². The van der Waals surface area contributed by atoms with E-state index in [1.54, 1.807) is 0 Å². The van der Waals surface area contributed by atoms with E-state index in [9.17, 15) is 4.79 Å². The molecule has 3 nitrogen and oxygen atoms in total. The maximum absolute atomic E-state index is 13.0. The van der Waals surface area contributed by atoms with E-state index >= 15 is 0 Å². The van der Waals surface area contributed by atoms with Gasteiger partial charge in [-0.25, -0.2) is 0 Å². The van der Waals surface area contributed by atoms with Gasteiger partial charge in [-0.15, -0.1) is 0 Å². The summed E-state index contributed by atoms with van der Waals surface area (Å²) in [6, 6.07) is 10.0. The van der Waals surface area contributed by atoms with Crippen molar-refractivity contribution in [1.82, 2.24) is 4.90 Å². The standard InChI is InChI=1S/C17H23NO2/c1-14-8-11-18(12-9-14)16(19)17(10-5-13-20-17)15-6-3-2-4-7-15/h2-4,6-7,14H,5,8-13H2,1H3. The molecule has 3 heteroatoms. The van der Waals surface area contributed by atoms with Crippen molar-refractivity contribution in [3.05, 3.63) is 35.9 Å². The van der Waals surface area contributed by atoms with Crippen LogP contribution in [0.5, 0.6) is 0 Å². The van der Waals surface area contributed by atoms with Crippen LogP contribution in [0.3, 0.4) is 0 Å². The summed E-state index contributed by atoms with van der Waals surface area (Å²) < 4.78 is 5.98. The predicted octanol–water partition coefficient (Wildman–Crippen LogP) is 2.95. The average Bonchev–Trinajstić information content (AvgIpc) is 2.99. The Kier molecular flexibility index (Phi) is 3.79. The number of carbonyl (C=O) groups excluding carboxylic acids is 1. The van der Waals surface area contributed by atoms with Gasteiger partial charge in [-0.3, -0.25) is 4.79 Å². The van der Waals surface area contributed by atoms with Crippen LogP contribution >= 0.6 is 0 Å². The van der Waals surface area contributed by atoms with Gasteiger partial charge in [0.15, 0.2) is 5.60 Å². The van der Waals surface area contributed by atoms with Crippen molar-refractivity contribution in [3.63, 3.8) is 0 Å². The Morgan fingerprint density at radius 2 is 1.95 bits per heavy atom. The Bertz CT molecular complexity index is 457. The van der Waals surface area contributed by atoms with Gasteiger partial charge in [0.25, 0.3) is 5.91 Å². The number of hydrogen-bond donors (Lipinski definition) is 0. The number of nitrogens with zero attached hydrogens (tertiary/aromatic N) is 1. The fourth-order valence-electron chi connectivity index (χ4n) is 3.33. The molecule has 2 aliphatic heterocycles. The SMILES string of the molecule is CC1CCN(C(=O)C2(c3ccccc3)CCCO2)CC1. The first kappa shape index (κ1) is 13.6. The largest absolute Gasteiger partial charge is 0.360 e. The van der Waals surface area contributed by atoms with E-state index in [4.69, 9.17) is 4.74 Å². The topological polar surface area (TPSA) is 29.5 Å². The highest BCUT2D eigenvalue weighted by Crippen LogP contribution is 2.38. The quantitative estimate of drug-likeness (QED) is 0.829. The zero-order chi connectivity index (χ0) is 14.0. The second-order valence-electron chi connectivity index (χ2n) is 6.12. The molecule has 0 radical (unpaired) electrons. The highest BCUT2D eigenvalue weighted by molar-refractivity contribution is 5.87. The van der Waals surface area contributed by atoms with Crippen molar-refractivity contribution >= 4 is 5.91 Å². The summed E-state index contributed by atoms with van der Waals surface area (Å²) in [7, 11) is 0. The number of hydrogen-bond acceptors (Lipinski definition) is 2. The second-order valence-corrected chi connectivity index (χ2v) is 6.12. The number of likely N-dealkylation sites (tertiary alicyclic amines) is 1. The van der Waals surface area contributed by atoms with Gasteiger partial charge in [0.1, 0.15) is 0 Å². The highest BCUT2D eigenvalue weighted by atomic mass is 16.5. The summed E-state index contributed by atoms with van der Waals surface area (Å²) in [4.78, 5) is 15.0. The third-order valence-corrected chi connectivity index (χ3v) is 4.68. The second kappa shape index (κ2) is 5.57. The minimum Gasteiger partial charge on any atom is -0.360 e. The lowest BCUT2D eigenvalue weighted by molar-refractivity contribution is -0.155. The van der Waals surface area contributed by atoms with Crippen molar-refractivity contribution < 1.29 is 9.53 Å². The highest BCUT2D eigenvalue weighted by Gasteiger charge is 2.46. The monoisotopic (exact) mass is 273 g/mol. The first-order valence-electron chi connectivity index (χ1n) is 7.71. The van der Waals surface area contributed by atoms with Gasteiger partial charge in [-0.05, 0) is 37.2 Å². The van der Waals surface area contributed by atoms with Gasteiger partial charge < -0.3 is 9.64 Å². The maximum atomic E-state index is 13.0. The summed E-state index contributed by atoms with van der Waals surface area (Å²) in [5, 5.41) is 0. The van der Waals surface area contributed by atoms with Crippen molar-refractivity contribution in [2.24, 2.45) is 5.92 Å². The molecule has 2 aliphatic rings. The molecule has 108 valence electrons. The van der Waals surface area contributed by atoms with Crippen molar-refractivity contribution in [1.29, 1.82) is 0 Å². The Morgan fingerprint density at radius 1 is 1.25 bits per heavy atom. The Balaban J connectivity index is 1.85. The molecule has 2 heterocycles. The fraction of sp³-hybridized carbons (Fsp3) is 0.588. The average molecular weight is 273 g/mol. The minimum atomic E-state index is -0.720. The fourth-order valence-corrected chi connectivity index (χ4v) is 3.33. The number of carbonyl (C=O) groups is 1. The maximum Gasteiger partial charge on any atom is 0.259 e.